The molecule has 0 unspecified atom stereocenters. The van der Waals surface area contributed by atoms with Crippen molar-refractivity contribution in [1.29, 1.82) is 0 Å². The number of rotatable bonds is 0. The summed E-state index contributed by atoms with van der Waals surface area (Å²) in [6.07, 6.45) is 1.90. The Balaban J connectivity index is 2.46. The van der Waals surface area contributed by atoms with Gasteiger partial charge in [-0.15, -0.1) is 0 Å². The third-order valence-corrected chi connectivity index (χ3v) is 2.15. The number of nitrogens with zero attached hydrogens (tertiary/aromatic N) is 2. The second-order valence-electron chi connectivity index (χ2n) is 3.55. The van der Waals surface area contributed by atoms with Crippen molar-refractivity contribution >= 4 is 5.71 Å². The lowest BCUT2D eigenvalue weighted by atomic mass is 10.1. The molecule has 0 amide bonds. The monoisotopic (exact) mass is 143 g/mol. The summed E-state index contributed by atoms with van der Waals surface area (Å²) in [6.45, 7) is 2.19. The highest BCUT2D eigenvalue weighted by Gasteiger charge is 2.22. The summed E-state index contributed by atoms with van der Waals surface area (Å²) < 4.78 is 1.05. The summed E-state index contributed by atoms with van der Waals surface area (Å²) in [5, 5.41) is 11.7. The van der Waals surface area contributed by atoms with Crippen LogP contribution < -0.4 is 0 Å². The number of oxime groups is 1. The summed E-state index contributed by atoms with van der Waals surface area (Å²) in [6, 6.07) is 0. The van der Waals surface area contributed by atoms with Crippen molar-refractivity contribution in [3.05, 3.63) is 0 Å². The van der Waals surface area contributed by atoms with E-state index < -0.39 is 0 Å². The minimum Gasteiger partial charge on any atom is -0.411 e. The Hall–Kier alpha value is -0.570. The third kappa shape index (κ3) is 1.70. The van der Waals surface area contributed by atoms with Gasteiger partial charge in [-0.1, -0.05) is 5.16 Å². The summed E-state index contributed by atoms with van der Waals surface area (Å²) in [5.74, 6) is 0. The Bertz CT molecular complexity index is 140. The maximum absolute atomic E-state index is 8.44. The van der Waals surface area contributed by atoms with Crippen LogP contribution in [0.5, 0.6) is 0 Å². The second kappa shape index (κ2) is 2.58. The molecule has 1 saturated heterocycles. The zero-order valence-electron chi connectivity index (χ0n) is 6.67. The fraction of sp³-hybridized carbons (Fsp3) is 0.857. The van der Waals surface area contributed by atoms with Gasteiger partial charge < -0.3 is 9.69 Å². The number of quaternary nitrogens is 1. The first-order chi connectivity index (χ1) is 4.64. The normalized spacial score (nSPS) is 24.4. The van der Waals surface area contributed by atoms with E-state index in [0.717, 1.165) is 36.1 Å². The highest BCUT2D eigenvalue weighted by Crippen LogP contribution is 2.10. The van der Waals surface area contributed by atoms with Crippen molar-refractivity contribution in [3.8, 4) is 0 Å². The number of piperidine rings is 1. The largest absolute Gasteiger partial charge is 0.411 e. The third-order valence-electron chi connectivity index (χ3n) is 2.15. The number of likely N-dealkylation sites (tertiary alicyclic amines) is 1. The van der Waals surface area contributed by atoms with E-state index in [1.54, 1.807) is 0 Å². The Labute approximate surface area is 61.5 Å². The van der Waals surface area contributed by atoms with Gasteiger partial charge in [-0.2, -0.15) is 0 Å². The van der Waals surface area contributed by atoms with Gasteiger partial charge in [-0.05, 0) is 0 Å². The van der Waals surface area contributed by atoms with E-state index in [1.165, 1.54) is 0 Å². The zero-order chi connectivity index (χ0) is 7.61. The molecule has 0 aromatic rings. The van der Waals surface area contributed by atoms with E-state index in [0.29, 0.717) is 0 Å². The molecule has 0 aromatic heterocycles. The molecule has 1 N–H and O–H groups in total. The maximum Gasteiger partial charge on any atom is 0.0836 e. The van der Waals surface area contributed by atoms with E-state index in [9.17, 15) is 0 Å². The van der Waals surface area contributed by atoms with Crippen molar-refractivity contribution in [3.63, 3.8) is 0 Å². The van der Waals surface area contributed by atoms with Gasteiger partial charge in [0, 0.05) is 12.8 Å². The molecule has 1 aliphatic rings. The Kier molecular flexibility index (Phi) is 1.94. The summed E-state index contributed by atoms with van der Waals surface area (Å²) in [4.78, 5) is 0. The maximum atomic E-state index is 8.44. The van der Waals surface area contributed by atoms with Crippen molar-refractivity contribution in [1.82, 2.24) is 0 Å². The lowest BCUT2D eigenvalue weighted by Crippen LogP contribution is -2.46. The number of hydrogen-bond donors (Lipinski definition) is 1. The molecular formula is C7H15N2O+. The fourth-order valence-corrected chi connectivity index (χ4v) is 1.20. The van der Waals surface area contributed by atoms with Gasteiger partial charge in [0.15, 0.2) is 0 Å². The van der Waals surface area contributed by atoms with E-state index in [-0.39, 0.29) is 0 Å². The molecule has 58 valence electrons. The Morgan fingerprint density at radius 1 is 1.30 bits per heavy atom. The highest BCUT2D eigenvalue weighted by atomic mass is 16.4. The van der Waals surface area contributed by atoms with Crippen LogP contribution in [0, 0.1) is 0 Å². The molecule has 1 heterocycles. The smallest absolute Gasteiger partial charge is 0.0836 e. The van der Waals surface area contributed by atoms with Gasteiger partial charge in [0.25, 0.3) is 0 Å². The lowest BCUT2D eigenvalue weighted by molar-refractivity contribution is -0.891. The predicted molar refractivity (Wildman–Crippen MR) is 40.3 cm³/mol. The van der Waals surface area contributed by atoms with E-state index in [4.69, 9.17) is 5.21 Å². The van der Waals surface area contributed by atoms with Crippen LogP contribution >= 0.6 is 0 Å². The van der Waals surface area contributed by atoms with Crippen molar-refractivity contribution in [2.45, 2.75) is 12.8 Å². The van der Waals surface area contributed by atoms with Crippen LogP contribution in [0.2, 0.25) is 0 Å². The Morgan fingerprint density at radius 3 is 2.20 bits per heavy atom. The summed E-state index contributed by atoms with van der Waals surface area (Å²) in [5.41, 5.74) is 0.956. The molecule has 1 aliphatic heterocycles. The zero-order valence-corrected chi connectivity index (χ0v) is 6.67. The summed E-state index contributed by atoms with van der Waals surface area (Å²) in [7, 11) is 4.41. The van der Waals surface area contributed by atoms with Crippen LogP contribution in [0.1, 0.15) is 12.8 Å². The van der Waals surface area contributed by atoms with Gasteiger partial charge in [0.2, 0.25) is 0 Å². The summed E-state index contributed by atoms with van der Waals surface area (Å²) >= 11 is 0. The molecule has 0 saturated carbocycles. The fourth-order valence-electron chi connectivity index (χ4n) is 1.20. The quantitative estimate of drug-likeness (QED) is 0.302. The first-order valence-electron chi connectivity index (χ1n) is 3.66. The molecule has 3 nitrogen and oxygen atoms in total. The topological polar surface area (TPSA) is 32.6 Å². The molecule has 1 rings (SSSR count). The van der Waals surface area contributed by atoms with Crippen LogP contribution in [0.15, 0.2) is 5.16 Å². The second-order valence-corrected chi connectivity index (χ2v) is 3.55. The lowest BCUT2D eigenvalue weighted by Gasteiger charge is -2.33. The molecule has 0 aliphatic carbocycles. The van der Waals surface area contributed by atoms with Gasteiger partial charge in [0.1, 0.15) is 0 Å². The van der Waals surface area contributed by atoms with E-state index in [1.807, 2.05) is 0 Å². The predicted octanol–water partition coefficient (Wildman–Crippen LogP) is 0.687. The first kappa shape index (κ1) is 7.54. The SMILES string of the molecule is C[N+]1(C)CCC(=NO)CC1. The highest BCUT2D eigenvalue weighted by molar-refractivity contribution is 5.84. The van der Waals surface area contributed by atoms with Crippen LogP contribution in [-0.2, 0) is 0 Å². The van der Waals surface area contributed by atoms with E-state index >= 15 is 0 Å². The van der Waals surface area contributed by atoms with Crippen molar-refractivity contribution in [2.75, 3.05) is 27.2 Å². The molecule has 0 radical (unpaired) electrons. The average molecular weight is 143 g/mol. The first-order valence-corrected chi connectivity index (χ1v) is 3.66. The van der Waals surface area contributed by atoms with Gasteiger partial charge in [-0.25, -0.2) is 0 Å². The van der Waals surface area contributed by atoms with Crippen LogP contribution in [-0.4, -0.2) is 42.6 Å². The average Bonchev–Trinajstić information content (AvgIpc) is 1.88. The minimum absolute atomic E-state index is 0.948. The van der Waals surface area contributed by atoms with Gasteiger partial charge >= 0.3 is 0 Å². The molecule has 1 fully saturated rings. The minimum atomic E-state index is 0.948. The van der Waals surface area contributed by atoms with Gasteiger partial charge in [-0.3, -0.25) is 0 Å². The molecule has 0 atom stereocenters. The molecule has 0 aromatic carbocycles. The molecule has 3 heteroatoms. The van der Waals surface area contributed by atoms with Crippen LogP contribution in [0.4, 0.5) is 0 Å². The van der Waals surface area contributed by atoms with Crippen molar-refractivity contribution in [2.24, 2.45) is 5.16 Å². The van der Waals surface area contributed by atoms with Crippen LogP contribution in [0.3, 0.4) is 0 Å². The van der Waals surface area contributed by atoms with Crippen molar-refractivity contribution < 1.29 is 9.69 Å². The van der Waals surface area contributed by atoms with E-state index in [2.05, 4.69) is 19.3 Å². The standard InChI is InChI=1S/C7H14N2O/c1-9(2)5-3-7(8-10)4-6-9/h3-6H2,1-2H3/p+1. The molecule has 0 bridgehead atoms. The van der Waals surface area contributed by atoms with Gasteiger partial charge in [0.05, 0.1) is 32.9 Å². The molecule has 0 spiro atoms. The van der Waals surface area contributed by atoms with Crippen LogP contribution in [0.25, 0.3) is 0 Å². The molecular weight excluding hydrogens is 128 g/mol. The number of hydrogen-bond acceptors (Lipinski definition) is 2. The Morgan fingerprint density at radius 2 is 1.80 bits per heavy atom. The molecule has 10 heavy (non-hydrogen) atoms.